The van der Waals surface area contributed by atoms with Crippen molar-refractivity contribution < 1.29 is 0 Å². The normalized spacial score (nSPS) is 36.9. The summed E-state index contributed by atoms with van der Waals surface area (Å²) in [6, 6.07) is 0. The van der Waals surface area contributed by atoms with Gasteiger partial charge in [-0.3, -0.25) is 0 Å². The van der Waals surface area contributed by atoms with Crippen LogP contribution in [0.5, 0.6) is 0 Å². The van der Waals surface area contributed by atoms with E-state index in [4.69, 9.17) is 0 Å². The van der Waals surface area contributed by atoms with E-state index in [0.717, 1.165) is 93.7 Å². The van der Waals surface area contributed by atoms with Crippen molar-refractivity contribution in [3.63, 3.8) is 0 Å². The molecule has 0 amide bonds. The summed E-state index contributed by atoms with van der Waals surface area (Å²) in [5.41, 5.74) is 3.58. The Kier molecular flexibility index (Phi) is 31.6. The van der Waals surface area contributed by atoms with Gasteiger partial charge in [-0.15, -0.1) is 0 Å². The molecule has 10 rings (SSSR count). The maximum absolute atomic E-state index is 2.39. The molecule has 0 heteroatoms. The van der Waals surface area contributed by atoms with E-state index in [9.17, 15) is 0 Å². The second-order valence-electron chi connectivity index (χ2n) is 30.8. The van der Waals surface area contributed by atoms with Gasteiger partial charge in [0.1, 0.15) is 0 Å². The Bertz CT molecular complexity index is 1150. The van der Waals surface area contributed by atoms with Crippen LogP contribution < -0.4 is 0 Å². The molecule has 0 N–H and O–H groups in total. The van der Waals surface area contributed by atoms with Gasteiger partial charge in [0.15, 0.2) is 0 Å². The minimum absolute atomic E-state index is 0.681. The third-order valence-electron chi connectivity index (χ3n) is 23.0. The maximum Gasteiger partial charge on any atom is -0.0328 e. The summed E-state index contributed by atoms with van der Waals surface area (Å²) in [5.74, 6) is 14.5. The molecule has 0 saturated heterocycles. The van der Waals surface area contributed by atoms with Gasteiger partial charge in [-0.05, 0) is 219 Å². The first-order valence-electron chi connectivity index (χ1n) is 32.4. The van der Waals surface area contributed by atoms with Crippen LogP contribution >= 0.6 is 0 Å². The number of rotatable bonds is 6. The topological polar surface area (TPSA) is 0 Å². The van der Waals surface area contributed by atoms with E-state index in [1.807, 2.05) is 0 Å². The molecule has 9 atom stereocenters. The van der Waals surface area contributed by atoms with Gasteiger partial charge >= 0.3 is 0 Å². The fraction of sp³-hybridized carbons (Fsp3) is 1.00. The van der Waals surface area contributed by atoms with E-state index in [0.29, 0.717) is 16.2 Å². The molecule has 10 aliphatic carbocycles. The third kappa shape index (κ3) is 25.2. The Hall–Kier alpha value is 0. The molecular formula is C70H140. The van der Waals surface area contributed by atoms with Crippen molar-refractivity contribution in [3.05, 3.63) is 0 Å². The van der Waals surface area contributed by atoms with Crippen LogP contribution in [0, 0.1) is 110 Å². The van der Waals surface area contributed by atoms with Crippen LogP contribution in [0.3, 0.4) is 0 Å². The van der Waals surface area contributed by atoms with Crippen molar-refractivity contribution in [1.29, 1.82) is 0 Å². The highest BCUT2D eigenvalue weighted by Crippen LogP contribution is 2.47. The Morgan fingerprint density at radius 3 is 0.671 bits per heavy atom. The van der Waals surface area contributed by atoms with Gasteiger partial charge in [0.2, 0.25) is 0 Å². The highest BCUT2D eigenvalue weighted by atomic mass is 14.4. The number of hydrogen-bond acceptors (Lipinski definition) is 0. The van der Waals surface area contributed by atoms with E-state index < -0.39 is 0 Å². The third-order valence-corrected chi connectivity index (χ3v) is 23.0. The van der Waals surface area contributed by atoms with E-state index >= 15 is 0 Å². The SMILES string of the molecule is CC1CC(C)(C)C1.CC1CCC1(C)C.CC1C[C@H](C)C1C.CCC1(C)CCC1.CCC1(C)CCC1.CCC1CC(C)C1.CCC1CC(C)C1.CCC1CCC1C.CCC1CC[C@@H]1C.C[C@H]1CCC1(C)C. The van der Waals surface area contributed by atoms with Crippen molar-refractivity contribution >= 4 is 0 Å². The minimum atomic E-state index is 0.681. The molecule has 0 aromatic carbocycles. The minimum Gasteiger partial charge on any atom is -0.0651 e. The summed E-state index contributed by atoms with van der Waals surface area (Å²) in [4.78, 5) is 0. The molecular weight excluding hydrogens is 841 g/mol. The van der Waals surface area contributed by atoms with E-state index in [1.165, 1.54) is 173 Å². The summed E-state index contributed by atoms with van der Waals surface area (Å²) >= 11 is 0. The van der Waals surface area contributed by atoms with Crippen LogP contribution in [0.15, 0.2) is 0 Å². The zero-order chi connectivity index (χ0) is 53.7. The molecule has 0 heterocycles. The van der Waals surface area contributed by atoms with Crippen LogP contribution in [-0.2, 0) is 0 Å². The van der Waals surface area contributed by atoms with Crippen LogP contribution in [0.25, 0.3) is 0 Å². The molecule has 0 bridgehead atoms. The Balaban J connectivity index is 0.000000389. The summed E-state index contributed by atoms with van der Waals surface area (Å²) in [7, 11) is 0. The summed E-state index contributed by atoms with van der Waals surface area (Å²) in [6.45, 7) is 56.0. The Morgan fingerprint density at radius 2 is 0.657 bits per heavy atom. The fourth-order valence-corrected chi connectivity index (χ4v) is 13.0. The largest absolute Gasteiger partial charge is 0.0651 e. The fourth-order valence-electron chi connectivity index (χ4n) is 13.0. The molecule has 10 fully saturated rings. The maximum atomic E-state index is 2.39. The van der Waals surface area contributed by atoms with Gasteiger partial charge in [0.05, 0.1) is 0 Å². The molecule has 10 saturated carbocycles. The lowest BCUT2D eigenvalue weighted by Crippen LogP contribution is -2.31. The van der Waals surface area contributed by atoms with Crippen LogP contribution in [0.1, 0.15) is 340 Å². The lowest BCUT2D eigenvalue weighted by Gasteiger charge is -2.42. The first-order valence-corrected chi connectivity index (χ1v) is 32.4. The summed E-state index contributed by atoms with van der Waals surface area (Å²) in [6.07, 6.45) is 39.3. The van der Waals surface area contributed by atoms with Gasteiger partial charge < -0.3 is 0 Å². The predicted molar refractivity (Wildman–Crippen MR) is 322 cm³/mol. The second kappa shape index (κ2) is 32.6. The molecule has 0 spiro atoms. The highest BCUT2D eigenvalue weighted by Gasteiger charge is 2.36. The molecule has 0 aromatic heterocycles. The molecule has 6 unspecified atom stereocenters. The van der Waals surface area contributed by atoms with Crippen molar-refractivity contribution in [2.45, 2.75) is 340 Å². The van der Waals surface area contributed by atoms with Crippen LogP contribution in [0.2, 0.25) is 0 Å². The first kappa shape index (κ1) is 68.0. The average Bonchev–Trinajstić information content (AvgIpc) is 3.27. The summed E-state index contributed by atoms with van der Waals surface area (Å²) < 4.78 is 0. The highest BCUT2D eigenvalue weighted by molar-refractivity contribution is 4.87. The lowest BCUT2D eigenvalue weighted by molar-refractivity contribution is 0.0891. The molecule has 70 heavy (non-hydrogen) atoms. The quantitative estimate of drug-likeness (QED) is 0.249. The van der Waals surface area contributed by atoms with Crippen molar-refractivity contribution in [2.24, 2.45) is 110 Å². The Labute approximate surface area is 447 Å². The molecule has 0 nitrogen and oxygen atoms in total. The predicted octanol–water partition coefficient (Wildman–Crippen LogP) is 24.6. The average molecular weight is 982 g/mol. The van der Waals surface area contributed by atoms with E-state index in [2.05, 4.69) is 166 Å². The second-order valence-corrected chi connectivity index (χ2v) is 30.8. The zero-order valence-corrected chi connectivity index (χ0v) is 53.7. The van der Waals surface area contributed by atoms with Crippen molar-refractivity contribution in [2.75, 3.05) is 0 Å². The molecule has 420 valence electrons. The van der Waals surface area contributed by atoms with Crippen molar-refractivity contribution in [3.8, 4) is 0 Å². The van der Waals surface area contributed by atoms with E-state index in [1.54, 1.807) is 0 Å². The van der Waals surface area contributed by atoms with E-state index in [-0.39, 0.29) is 0 Å². The molecule has 0 aliphatic heterocycles. The van der Waals surface area contributed by atoms with Gasteiger partial charge in [0.25, 0.3) is 0 Å². The monoisotopic (exact) mass is 981 g/mol. The smallest absolute Gasteiger partial charge is 0.0328 e. The van der Waals surface area contributed by atoms with Crippen LogP contribution in [-0.4, -0.2) is 0 Å². The van der Waals surface area contributed by atoms with Gasteiger partial charge in [-0.25, -0.2) is 0 Å². The summed E-state index contributed by atoms with van der Waals surface area (Å²) in [5, 5.41) is 0. The van der Waals surface area contributed by atoms with Gasteiger partial charge in [0, 0.05) is 0 Å². The number of hydrogen-bond donors (Lipinski definition) is 0. The molecule has 10 aliphatic rings. The van der Waals surface area contributed by atoms with Crippen LogP contribution in [0.4, 0.5) is 0 Å². The van der Waals surface area contributed by atoms with Crippen molar-refractivity contribution in [1.82, 2.24) is 0 Å². The van der Waals surface area contributed by atoms with Gasteiger partial charge in [-0.1, -0.05) is 230 Å². The Morgan fingerprint density at radius 1 is 0.343 bits per heavy atom. The molecule has 0 radical (unpaired) electrons. The van der Waals surface area contributed by atoms with Gasteiger partial charge in [-0.2, -0.15) is 0 Å². The first-order chi connectivity index (χ1) is 32.4. The molecule has 0 aromatic rings. The standard InChI is InChI=1S/10C7H14/c1-6-4-7(2,3)5-6;2*1-6-4-5-7(6,2)3;1-5-4-6(2)7(5)3;2*1-3-7-4-6(2)5-7;2*1-3-7(2)5-4-6-7;2*1-3-7-5-4-6(7)2/h3*6H,4-5H2,1-3H3;5-7H,4H2,1-3H3;2*6-7H,3-5H2,1-2H3;2*3-6H2,1-2H3;2*6-7H,3-5H2,1-2H3/t;6-;;5-,6?,7?;;;;;6-,7?;/m.0.0....0./s1. The lowest BCUT2D eigenvalue weighted by atomic mass is 9.64. The zero-order valence-electron chi connectivity index (χ0n) is 53.7.